The topological polar surface area (TPSA) is 105 Å². The van der Waals surface area contributed by atoms with Gasteiger partial charge in [-0.25, -0.2) is 8.78 Å². The Balaban J connectivity index is 1.15. The molecule has 2 aromatic carbocycles. The Hall–Kier alpha value is -2.60. The summed E-state index contributed by atoms with van der Waals surface area (Å²) in [6, 6.07) is 13.5. The molecule has 0 amide bonds. The maximum Gasteiger partial charge on any atom is 0.193 e. The van der Waals surface area contributed by atoms with Crippen molar-refractivity contribution in [1.29, 1.82) is 0 Å². The highest BCUT2D eigenvalue weighted by molar-refractivity contribution is 7.98. The van der Waals surface area contributed by atoms with E-state index >= 15 is 8.78 Å². The average Bonchev–Trinajstić information content (AvgIpc) is 3.55. The van der Waals surface area contributed by atoms with E-state index in [1.807, 2.05) is 49.5 Å². The predicted octanol–water partition coefficient (Wildman–Crippen LogP) is 6.32. The molecular weight excluding hydrogens is 648 g/mol. The van der Waals surface area contributed by atoms with Crippen LogP contribution in [-0.4, -0.2) is 65.1 Å². The quantitative estimate of drug-likeness (QED) is 0.291. The minimum Gasteiger partial charge on any atom is -0.390 e. The summed E-state index contributed by atoms with van der Waals surface area (Å²) >= 11 is 7.97. The maximum absolute atomic E-state index is 17.6. The summed E-state index contributed by atoms with van der Waals surface area (Å²) < 4.78 is 46.4. The van der Waals surface area contributed by atoms with E-state index in [0.717, 1.165) is 22.2 Å². The lowest BCUT2D eigenvalue weighted by Crippen LogP contribution is -2.70. The van der Waals surface area contributed by atoms with Crippen molar-refractivity contribution >= 4 is 40.6 Å². The van der Waals surface area contributed by atoms with Crippen LogP contribution in [0.25, 0.3) is 0 Å². The van der Waals surface area contributed by atoms with Crippen LogP contribution < -0.4 is 5.32 Å². The van der Waals surface area contributed by atoms with E-state index in [2.05, 4.69) is 5.32 Å². The van der Waals surface area contributed by atoms with Crippen LogP contribution in [0.4, 0.5) is 14.5 Å². The number of anilines is 1. The first-order valence-electron chi connectivity index (χ1n) is 15.9. The van der Waals surface area contributed by atoms with Gasteiger partial charge in [0, 0.05) is 40.0 Å². The van der Waals surface area contributed by atoms with E-state index in [1.54, 1.807) is 18.7 Å². The van der Waals surface area contributed by atoms with E-state index in [-0.39, 0.29) is 24.8 Å². The minimum atomic E-state index is -2.29. The van der Waals surface area contributed by atoms with Crippen LogP contribution in [0.5, 0.6) is 0 Å². The lowest BCUT2D eigenvalue weighted by atomic mass is 9.44. The molecular formula is C36H38ClF2NO6S. The molecule has 0 aromatic heterocycles. The van der Waals surface area contributed by atoms with Crippen molar-refractivity contribution in [3.05, 3.63) is 82.4 Å². The number of Topliss-reactive ketones (excluding diaryl/α,β-unsaturated/α-hetero) is 1. The first-order valence-corrected chi connectivity index (χ1v) is 17.3. The number of fused-ring (bicyclic) bond motifs is 7. The highest BCUT2D eigenvalue weighted by Gasteiger charge is 2.80. The molecule has 0 bridgehead atoms. The van der Waals surface area contributed by atoms with Gasteiger partial charge in [0.25, 0.3) is 0 Å². The largest absolute Gasteiger partial charge is 0.390 e. The second-order valence-corrected chi connectivity index (χ2v) is 15.4. The maximum atomic E-state index is 17.6. The van der Waals surface area contributed by atoms with Gasteiger partial charge in [-0.3, -0.25) is 9.59 Å². The standard InChI is InChI=1S/C36H38ClF2NO6S/c1-33-11-10-21(42)12-25(33)27(38)14-24-23-15-31-36(30(44)17-41,34(23,2)16-29(43)35(24,33)39)46-32(45-31)20-6-4-19(5-7-20)18-47-22-8-9-28(40-3)26(37)13-22/h4-13,23-24,27,29,31-32,40-41,43H,14-18H2,1-3H3/t23-,24-,27-,29-,31+,32+,33-,34-,35-,36+/m0/s1. The molecule has 3 N–H and O–H groups in total. The fourth-order valence-electron chi connectivity index (χ4n) is 9.44. The third-order valence-corrected chi connectivity index (χ3v) is 13.2. The molecule has 4 fully saturated rings. The molecule has 0 spiro atoms. The first-order chi connectivity index (χ1) is 22.3. The molecule has 250 valence electrons. The van der Waals surface area contributed by atoms with Crippen molar-refractivity contribution < 1.29 is 38.1 Å². The van der Waals surface area contributed by atoms with E-state index in [9.17, 15) is 19.8 Å². The number of allylic oxidation sites excluding steroid dienone is 4. The number of halogens is 3. The van der Waals surface area contributed by atoms with Crippen LogP contribution in [-0.2, 0) is 24.8 Å². The molecule has 47 heavy (non-hydrogen) atoms. The lowest BCUT2D eigenvalue weighted by molar-refractivity contribution is -0.235. The number of hydrogen-bond donors (Lipinski definition) is 3. The molecule has 1 aliphatic heterocycles. The third-order valence-electron chi connectivity index (χ3n) is 11.8. The Kier molecular flexibility index (Phi) is 8.05. The normalized spacial score (nSPS) is 40.3. The van der Waals surface area contributed by atoms with Gasteiger partial charge in [-0.15, -0.1) is 11.8 Å². The van der Waals surface area contributed by atoms with Crippen molar-refractivity contribution in [2.75, 3.05) is 19.0 Å². The molecule has 1 saturated heterocycles. The Morgan fingerprint density at radius 1 is 1.15 bits per heavy atom. The summed E-state index contributed by atoms with van der Waals surface area (Å²) in [5.74, 6) is -1.92. The van der Waals surface area contributed by atoms with Gasteiger partial charge in [0.15, 0.2) is 29.1 Å². The SMILES string of the molecule is CNc1ccc(SCc2ccc([C@@H]3O[C@@H]4C[C@H]5[C@@H]6C[C@H](F)C7=CC(=O)C=C[C@]7(C)[C@@]6(F)[C@@H](O)C[C@]5(C)[C@]4(C(=O)CO)O3)cc2)cc1Cl. The summed E-state index contributed by atoms with van der Waals surface area (Å²) in [4.78, 5) is 26.9. The molecule has 7 nitrogen and oxygen atoms in total. The summed E-state index contributed by atoms with van der Waals surface area (Å²) in [5.41, 5.74) is -4.05. The second kappa shape index (κ2) is 11.5. The van der Waals surface area contributed by atoms with Crippen LogP contribution in [0.1, 0.15) is 50.5 Å². The zero-order valence-corrected chi connectivity index (χ0v) is 27.9. The smallest absolute Gasteiger partial charge is 0.193 e. The van der Waals surface area contributed by atoms with E-state index in [1.165, 1.54) is 19.1 Å². The Morgan fingerprint density at radius 3 is 2.57 bits per heavy atom. The highest BCUT2D eigenvalue weighted by atomic mass is 35.5. The van der Waals surface area contributed by atoms with Gasteiger partial charge in [-0.2, -0.15) is 0 Å². The first kappa shape index (κ1) is 32.9. The number of aliphatic hydroxyl groups excluding tert-OH is 2. The number of ketones is 2. The van der Waals surface area contributed by atoms with Crippen LogP contribution in [0.3, 0.4) is 0 Å². The van der Waals surface area contributed by atoms with Crippen LogP contribution in [0.2, 0.25) is 5.02 Å². The number of carbonyl (C=O) groups excluding carboxylic acids is 2. The molecule has 1 heterocycles. The predicted molar refractivity (Wildman–Crippen MR) is 175 cm³/mol. The monoisotopic (exact) mass is 685 g/mol. The number of aliphatic hydroxyl groups is 2. The van der Waals surface area contributed by atoms with Gasteiger partial charge < -0.3 is 25.0 Å². The number of thioether (sulfide) groups is 1. The Bertz CT molecular complexity index is 1690. The van der Waals surface area contributed by atoms with Gasteiger partial charge in [0.2, 0.25) is 0 Å². The van der Waals surface area contributed by atoms with Crippen molar-refractivity contribution in [2.24, 2.45) is 22.7 Å². The van der Waals surface area contributed by atoms with Gasteiger partial charge in [0.1, 0.15) is 12.8 Å². The van der Waals surface area contributed by atoms with Gasteiger partial charge in [-0.05, 0) is 73.6 Å². The van der Waals surface area contributed by atoms with E-state index in [0.29, 0.717) is 16.3 Å². The van der Waals surface area contributed by atoms with Gasteiger partial charge >= 0.3 is 0 Å². The number of nitrogens with one attached hydrogen (secondary N) is 1. The summed E-state index contributed by atoms with van der Waals surface area (Å²) in [6.07, 6.45) is -1.42. The number of alkyl halides is 2. The molecule has 3 saturated carbocycles. The highest BCUT2D eigenvalue weighted by Crippen LogP contribution is 2.72. The van der Waals surface area contributed by atoms with Crippen molar-refractivity contribution in [1.82, 2.24) is 0 Å². The summed E-state index contributed by atoms with van der Waals surface area (Å²) in [7, 11) is 1.82. The number of rotatable bonds is 7. The molecule has 0 radical (unpaired) electrons. The van der Waals surface area contributed by atoms with Gasteiger partial charge in [0.05, 0.1) is 22.9 Å². The number of benzene rings is 2. The molecule has 10 atom stereocenters. The number of hydrogen-bond acceptors (Lipinski definition) is 8. The summed E-state index contributed by atoms with van der Waals surface area (Å²) in [6.45, 7) is 2.49. The Morgan fingerprint density at radius 2 is 1.89 bits per heavy atom. The molecule has 7 rings (SSSR count). The number of ether oxygens (including phenoxy) is 2. The third kappa shape index (κ3) is 4.58. The Labute approximate surface area is 281 Å². The number of carbonyl (C=O) groups is 2. The van der Waals surface area contributed by atoms with E-state index < -0.39 is 76.8 Å². The zero-order chi connectivity index (χ0) is 33.5. The van der Waals surface area contributed by atoms with Crippen LogP contribution in [0, 0.1) is 22.7 Å². The molecule has 11 heteroatoms. The zero-order valence-electron chi connectivity index (χ0n) is 26.3. The molecule has 5 aliphatic rings. The average molecular weight is 686 g/mol. The fourth-order valence-corrected chi connectivity index (χ4v) is 10.7. The van der Waals surface area contributed by atoms with Crippen LogP contribution >= 0.6 is 23.4 Å². The lowest BCUT2D eigenvalue weighted by Gasteiger charge is -2.63. The van der Waals surface area contributed by atoms with Crippen molar-refractivity contribution in [3.63, 3.8) is 0 Å². The van der Waals surface area contributed by atoms with Crippen LogP contribution in [0.15, 0.2) is 71.2 Å². The van der Waals surface area contributed by atoms with Gasteiger partial charge in [-0.1, -0.05) is 48.9 Å². The molecule has 0 unspecified atom stereocenters. The van der Waals surface area contributed by atoms with Crippen molar-refractivity contribution in [3.8, 4) is 0 Å². The van der Waals surface area contributed by atoms with E-state index in [4.69, 9.17) is 21.1 Å². The van der Waals surface area contributed by atoms with Crippen molar-refractivity contribution in [2.45, 2.75) is 79.7 Å². The second-order valence-electron chi connectivity index (χ2n) is 13.9. The molecule has 2 aromatic rings. The summed E-state index contributed by atoms with van der Waals surface area (Å²) in [5, 5.41) is 25.6. The fraction of sp³-hybridized carbons (Fsp3) is 0.500. The minimum absolute atomic E-state index is 0.0376. The molecule has 4 aliphatic carbocycles.